The van der Waals surface area contributed by atoms with Crippen LogP contribution in [0.2, 0.25) is 0 Å². The SMILES string of the molecule is CCN(Cc1ccccc1N)C(=O)NCC(F)(F)F. The number of nitrogens with zero attached hydrogens (tertiary/aromatic N) is 1. The molecule has 0 aliphatic rings. The van der Waals surface area contributed by atoms with Crippen molar-refractivity contribution in [1.82, 2.24) is 10.2 Å². The van der Waals surface area contributed by atoms with Gasteiger partial charge in [-0.05, 0) is 18.6 Å². The van der Waals surface area contributed by atoms with Crippen LogP contribution in [0.15, 0.2) is 24.3 Å². The molecule has 0 unspecified atom stereocenters. The molecule has 0 radical (unpaired) electrons. The van der Waals surface area contributed by atoms with Crippen molar-refractivity contribution in [1.29, 1.82) is 0 Å². The predicted molar refractivity (Wildman–Crippen MR) is 66.4 cm³/mol. The van der Waals surface area contributed by atoms with Gasteiger partial charge in [0, 0.05) is 18.8 Å². The van der Waals surface area contributed by atoms with Crippen molar-refractivity contribution in [2.24, 2.45) is 0 Å². The molecule has 0 heterocycles. The van der Waals surface area contributed by atoms with Crippen LogP contribution >= 0.6 is 0 Å². The monoisotopic (exact) mass is 275 g/mol. The Hall–Kier alpha value is -1.92. The Morgan fingerprint density at radius 1 is 1.37 bits per heavy atom. The van der Waals surface area contributed by atoms with Crippen LogP contribution in [-0.4, -0.2) is 30.2 Å². The van der Waals surface area contributed by atoms with Crippen LogP contribution in [-0.2, 0) is 6.54 Å². The Bertz CT molecular complexity index is 434. The van der Waals surface area contributed by atoms with Crippen LogP contribution in [0.1, 0.15) is 12.5 Å². The number of alkyl halides is 3. The normalized spacial score (nSPS) is 11.2. The summed E-state index contributed by atoms with van der Waals surface area (Å²) >= 11 is 0. The molecule has 0 aliphatic heterocycles. The van der Waals surface area contributed by atoms with Crippen molar-refractivity contribution in [2.45, 2.75) is 19.6 Å². The fourth-order valence-corrected chi connectivity index (χ4v) is 1.50. The Kier molecular flexibility index (Phi) is 5.02. The molecule has 1 aromatic rings. The van der Waals surface area contributed by atoms with Crippen LogP contribution in [0, 0.1) is 0 Å². The lowest BCUT2D eigenvalue weighted by Gasteiger charge is -2.22. The van der Waals surface area contributed by atoms with Crippen molar-refractivity contribution >= 4 is 11.7 Å². The summed E-state index contributed by atoms with van der Waals surface area (Å²) in [7, 11) is 0. The zero-order valence-corrected chi connectivity index (χ0v) is 10.5. The summed E-state index contributed by atoms with van der Waals surface area (Å²) in [6.45, 7) is 0.809. The van der Waals surface area contributed by atoms with Gasteiger partial charge in [0.05, 0.1) is 0 Å². The third-order valence-electron chi connectivity index (χ3n) is 2.53. The summed E-state index contributed by atoms with van der Waals surface area (Å²) in [5.41, 5.74) is 6.93. The van der Waals surface area contributed by atoms with Crippen LogP contribution in [0.3, 0.4) is 0 Å². The smallest absolute Gasteiger partial charge is 0.398 e. The number of halogens is 3. The van der Waals surface area contributed by atoms with E-state index >= 15 is 0 Å². The Labute approximate surface area is 109 Å². The van der Waals surface area contributed by atoms with Gasteiger partial charge in [-0.1, -0.05) is 18.2 Å². The maximum absolute atomic E-state index is 12.0. The van der Waals surface area contributed by atoms with Gasteiger partial charge in [-0.2, -0.15) is 13.2 Å². The zero-order valence-electron chi connectivity index (χ0n) is 10.5. The number of nitrogens with two attached hydrogens (primary N) is 1. The fourth-order valence-electron chi connectivity index (χ4n) is 1.50. The first-order valence-electron chi connectivity index (χ1n) is 5.76. The highest BCUT2D eigenvalue weighted by molar-refractivity contribution is 5.74. The minimum atomic E-state index is -4.42. The number of nitrogens with one attached hydrogen (secondary N) is 1. The molecule has 0 atom stereocenters. The lowest BCUT2D eigenvalue weighted by atomic mass is 10.2. The van der Waals surface area contributed by atoms with E-state index in [0.717, 1.165) is 0 Å². The number of hydrogen-bond acceptors (Lipinski definition) is 2. The van der Waals surface area contributed by atoms with Crippen LogP contribution < -0.4 is 11.1 Å². The van der Waals surface area contributed by atoms with Crippen LogP contribution in [0.5, 0.6) is 0 Å². The third kappa shape index (κ3) is 5.07. The van der Waals surface area contributed by atoms with Gasteiger partial charge in [0.2, 0.25) is 0 Å². The first-order valence-corrected chi connectivity index (χ1v) is 5.76. The van der Waals surface area contributed by atoms with Crippen molar-refractivity contribution < 1.29 is 18.0 Å². The molecule has 1 aromatic carbocycles. The van der Waals surface area contributed by atoms with E-state index in [1.165, 1.54) is 4.90 Å². The van der Waals surface area contributed by atoms with Crippen molar-refractivity contribution in [3.8, 4) is 0 Å². The predicted octanol–water partition coefficient (Wildman–Crippen LogP) is 2.36. The molecule has 2 amide bonds. The number of nitrogen functional groups attached to an aromatic ring is 1. The summed E-state index contributed by atoms with van der Waals surface area (Å²) in [4.78, 5) is 12.9. The maximum atomic E-state index is 12.0. The molecular weight excluding hydrogens is 259 g/mol. The van der Waals surface area contributed by atoms with Gasteiger partial charge >= 0.3 is 12.2 Å². The fraction of sp³-hybridized carbons (Fsp3) is 0.417. The highest BCUT2D eigenvalue weighted by Crippen LogP contribution is 2.15. The number of hydrogen-bond donors (Lipinski definition) is 2. The quantitative estimate of drug-likeness (QED) is 0.829. The van der Waals surface area contributed by atoms with E-state index in [-0.39, 0.29) is 13.1 Å². The number of benzene rings is 1. The van der Waals surface area contributed by atoms with E-state index in [1.807, 2.05) is 5.32 Å². The summed E-state index contributed by atoms with van der Waals surface area (Å²) in [6, 6.07) is 6.15. The van der Waals surface area contributed by atoms with Crippen LogP contribution in [0.25, 0.3) is 0 Å². The highest BCUT2D eigenvalue weighted by Gasteiger charge is 2.28. The lowest BCUT2D eigenvalue weighted by molar-refractivity contribution is -0.123. The number of carbonyl (C=O) groups excluding carboxylic acids is 1. The van der Waals surface area contributed by atoms with Gasteiger partial charge in [-0.3, -0.25) is 0 Å². The van der Waals surface area contributed by atoms with E-state index in [1.54, 1.807) is 31.2 Å². The standard InChI is InChI=1S/C12H16F3N3O/c1-2-18(11(19)17-8-12(13,14)15)7-9-5-3-4-6-10(9)16/h3-6H,2,7-8,16H2,1H3,(H,17,19). The number of rotatable bonds is 4. The average Bonchev–Trinajstić information content (AvgIpc) is 2.34. The molecule has 7 heteroatoms. The summed E-state index contributed by atoms with van der Waals surface area (Å²) in [6.07, 6.45) is -4.42. The van der Waals surface area contributed by atoms with Crippen molar-refractivity contribution in [3.63, 3.8) is 0 Å². The minimum Gasteiger partial charge on any atom is -0.398 e. The largest absolute Gasteiger partial charge is 0.405 e. The second-order valence-corrected chi connectivity index (χ2v) is 3.99. The highest BCUT2D eigenvalue weighted by atomic mass is 19.4. The number of amides is 2. The number of para-hydroxylation sites is 1. The second-order valence-electron chi connectivity index (χ2n) is 3.99. The maximum Gasteiger partial charge on any atom is 0.405 e. The summed E-state index contributed by atoms with van der Waals surface area (Å²) < 4.78 is 36.1. The average molecular weight is 275 g/mol. The van der Waals surface area contributed by atoms with Gasteiger partial charge < -0.3 is 16.0 Å². The van der Waals surface area contributed by atoms with E-state index < -0.39 is 18.8 Å². The molecule has 0 aliphatic carbocycles. The number of carbonyl (C=O) groups is 1. The first-order chi connectivity index (χ1) is 8.83. The van der Waals surface area contributed by atoms with Crippen molar-refractivity contribution in [3.05, 3.63) is 29.8 Å². The van der Waals surface area contributed by atoms with Gasteiger partial charge in [0.1, 0.15) is 6.54 Å². The Morgan fingerprint density at radius 3 is 2.53 bits per heavy atom. The van der Waals surface area contributed by atoms with E-state index in [0.29, 0.717) is 11.3 Å². The molecule has 4 nitrogen and oxygen atoms in total. The molecule has 0 bridgehead atoms. The molecule has 0 spiro atoms. The molecule has 1 rings (SSSR count). The van der Waals surface area contributed by atoms with E-state index in [9.17, 15) is 18.0 Å². The van der Waals surface area contributed by atoms with E-state index in [2.05, 4.69) is 0 Å². The molecular formula is C12H16F3N3O. The van der Waals surface area contributed by atoms with Gasteiger partial charge in [-0.15, -0.1) is 0 Å². The molecule has 19 heavy (non-hydrogen) atoms. The first kappa shape index (κ1) is 15.1. The Balaban J connectivity index is 2.63. The molecule has 0 fully saturated rings. The topological polar surface area (TPSA) is 58.4 Å². The van der Waals surface area contributed by atoms with Crippen molar-refractivity contribution in [2.75, 3.05) is 18.8 Å². The summed E-state index contributed by atoms with van der Waals surface area (Å²) in [5, 5.41) is 1.83. The van der Waals surface area contributed by atoms with Gasteiger partial charge in [0.25, 0.3) is 0 Å². The van der Waals surface area contributed by atoms with Crippen LogP contribution in [0.4, 0.5) is 23.7 Å². The molecule has 106 valence electrons. The molecule has 0 saturated carbocycles. The number of urea groups is 1. The minimum absolute atomic E-state index is 0.173. The second kappa shape index (κ2) is 6.31. The molecule has 3 N–H and O–H groups in total. The lowest BCUT2D eigenvalue weighted by Crippen LogP contribution is -2.43. The number of anilines is 1. The Morgan fingerprint density at radius 2 is 2.00 bits per heavy atom. The van der Waals surface area contributed by atoms with Gasteiger partial charge in [0.15, 0.2) is 0 Å². The summed E-state index contributed by atoms with van der Waals surface area (Å²) in [5.74, 6) is 0. The van der Waals surface area contributed by atoms with E-state index in [4.69, 9.17) is 5.73 Å². The zero-order chi connectivity index (χ0) is 14.5. The molecule has 0 saturated heterocycles. The third-order valence-corrected chi connectivity index (χ3v) is 2.53. The molecule has 0 aromatic heterocycles. The van der Waals surface area contributed by atoms with Gasteiger partial charge in [-0.25, -0.2) is 4.79 Å².